The first-order chi connectivity index (χ1) is 15.0. The van der Waals surface area contributed by atoms with E-state index in [1.54, 1.807) is 35.1 Å². The standard InChI is InChI=1S/C25H26N2O4/c1-3-6-19-10-12-21(13-11-19)24(28)23-14-15-26-27(23)16-5-8-20-7-4-9-22(17-20)31-18(2)25(29)30/h4-5,7-15,17-18H,3,6,16H2,1-2H3,(H,29,30)/b8-5+/t18-/m0/s1. The number of carboxylic acids is 1. The first kappa shape index (κ1) is 22.0. The monoisotopic (exact) mass is 418 g/mol. The molecule has 0 aliphatic rings. The van der Waals surface area contributed by atoms with Crippen molar-refractivity contribution in [3.8, 4) is 5.75 Å². The summed E-state index contributed by atoms with van der Waals surface area (Å²) >= 11 is 0. The molecule has 6 heteroatoms. The number of benzene rings is 2. The first-order valence-corrected chi connectivity index (χ1v) is 10.3. The summed E-state index contributed by atoms with van der Waals surface area (Å²) in [5.74, 6) is -0.595. The van der Waals surface area contributed by atoms with Gasteiger partial charge in [0.1, 0.15) is 11.4 Å². The van der Waals surface area contributed by atoms with Gasteiger partial charge in [0.15, 0.2) is 6.10 Å². The molecule has 6 nitrogen and oxygen atoms in total. The molecule has 0 bridgehead atoms. The van der Waals surface area contributed by atoms with E-state index in [1.807, 2.05) is 42.5 Å². The number of carbonyl (C=O) groups is 2. The summed E-state index contributed by atoms with van der Waals surface area (Å²) in [7, 11) is 0. The Labute approximate surface area is 181 Å². The molecule has 2 aromatic carbocycles. The second-order valence-electron chi connectivity index (χ2n) is 7.25. The van der Waals surface area contributed by atoms with E-state index in [0.29, 0.717) is 23.6 Å². The molecule has 0 amide bonds. The van der Waals surface area contributed by atoms with Gasteiger partial charge in [-0.3, -0.25) is 9.48 Å². The number of hydrogen-bond acceptors (Lipinski definition) is 4. The van der Waals surface area contributed by atoms with Crippen LogP contribution in [0, 0.1) is 0 Å². The maximum atomic E-state index is 12.9. The highest BCUT2D eigenvalue weighted by Gasteiger charge is 2.14. The van der Waals surface area contributed by atoms with Crippen LogP contribution in [0.15, 0.2) is 66.9 Å². The lowest BCUT2D eigenvalue weighted by Gasteiger charge is -2.10. The predicted molar refractivity (Wildman–Crippen MR) is 119 cm³/mol. The smallest absolute Gasteiger partial charge is 0.344 e. The van der Waals surface area contributed by atoms with Crippen LogP contribution >= 0.6 is 0 Å². The molecule has 3 rings (SSSR count). The molecule has 0 fully saturated rings. The Balaban J connectivity index is 1.67. The Hall–Kier alpha value is -3.67. The molecule has 3 aromatic rings. The van der Waals surface area contributed by atoms with Gasteiger partial charge in [-0.05, 0) is 42.7 Å². The molecule has 1 N–H and O–H groups in total. The number of ether oxygens (including phenoxy) is 1. The Morgan fingerprint density at radius 2 is 1.94 bits per heavy atom. The SMILES string of the molecule is CCCc1ccc(C(=O)c2ccnn2C/C=C/c2cccc(O[C@@H](C)C(=O)O)c2)cc1. The van der Waals surface area contributed by atoms with Crippen molar-refractivity contribution >= 4 is 17.8 Å². The van der Waals surface area contributed by atoms with E-state index in [2.05, 4.69) is 12.0 Å². The van der Waals surface area contributed by atoms with Crippen LogP contribution < -0.4 is 4.74 Å². The zero-order chi connectivity index (χ0) is 22.2. The summed E-state index contributed by atoms with van der Waals surface area (Å²) in [4.78, 5) is 23.8. The molecule has 1 aromatic heterocycles. The van der Waals surface area contributed by atoms with Gasteiger partial charge in [0.05, 0.1) is 6.54 Å². The van der Waals surface area contributed by atoms with E-state index in [0.717, 1.165) is 18.4 Å². The number of ketones is 1. The quantitative estimate of drug-likeness (QED) is 0.486. The molecule has 0 saturated heterocycles. The van der Waals surface area contributed by atoms with Crippen molar-refractivity contribution in [3.63, 3.8) is 0 Å². The highest BCUT2D eigenvalue weighted by molar-refractivity contribution is 6.07. The number of hydrogen-bond donors (Lipinski definition) is 1. The fourth-order valence-electron chi connectivity index (χ4n) is 3.17. The van der Waals surface area contributed by atoms with Gasteiger partial charge in [0.25, 0.3) is 0 Å². The second-order valence-corrected chi connectivity index (χ2v) is 7.25. The first-order valence-electron chi connectivity index (χ1n) is 10.3. The van der Waals surface area contributed by atoms with E-state index in [4.69, 9.17) is 9.84 Å². The fourth-order valence-corrected chi connectivity index (χ4v) is 3.17. The van der Waals surface area contributed by atoms with Crippen LogP contribution in [-0.2, 0) is 17.8 Å². The van der Waals surface area contributed by atoms with Crippen molar-refractivity contribution in [2.45, 2.75) is 39.3 Å². The molecule has 0 saturated carbocycles. The molecule has 1 heterocycles. The van der Waals surface area contributed by atoms with Crippen molar-refractivity contribution in [2.24, 2.45) is 0 Å². The third-order valence-electron chi connectivity index (χ3n) is 4.81. The van der Waals surface area contributed by atoms with Gasteiger partial charge < -0.3 is 9.84 Å². The number of allylic oxidation sites excluding steroid dienone is 1. The van der Waals surface area contributed by atoms with Crippen LogP contribution in [0.2, 0.25) is 0 Å². The topological polar surface area (TPSA) is 81.4 Å². The van der Waals surface area contributed by atoms with E-state index in [1.165, 1.54) is 12.5 Å². The van der Waals surface area contributed by atoms with Crippen LogP contribution in [0.4, 0.5) is 0 Å². The maximum Gasteiger partial charge on any atom is 0.344 e. The number of aliphatic carboxylic acids is 1. The van der Waals surface area contributed by atoms with Crippen LogP contribution in [0.3, 0.4) is 0 Å². The van der Waals surface area contributed by atoms with Crippen molar-refractivity contribution in [3.05, 3.63) is 89.3 Å². The third kappa shape index (κ3) is 5.92. The molecule has 31 heavy (non-hydrogen) atoms. The number of aryl methyl sites for hydroxylation is 1. The Morgan fingerprint density at radius 1 is 1.16 bits per heavy atom. The largest absolute Gasteiger partial charge is 0.479 e. The lowest BCUT2D eigenvalue weighted by atomic mass is 10.0. The summed E-state index contributed by atoms with van der Waals surface area (Å²) in [6, 6.07) is 16.6. The highest BCUT2D eigenvalue weighted by atomic mass is 16.5. The van der Waals surface area contributed by atoms with Crippen molar-refractivity contribution in [2.75, 3.05) is 0 Å². The number of rotatable bonds is 10. The average molecular weight is 418 g/mol. The van der Waals surface area contributed by atoms with E-state index < -0.39 is 12.1 Å². The van der Waals surface area contributed by atoms with Crippen molar-refractivity contribution < 1.29 is 19.4 Å². The van der Waals surface area contributed by atoms with Crippen LogP contribution in [0.5, 0.6) is 5.75 Å². The molecule has 0 spiro atoms. The highest BCUT2D eigenvalue weighted by Crippen LogP contribution is 2.17. The van der Waals surface area contributed by atoms with Gasteiger partial charge in [-0.1, -0.05) is 61.9 Å². The lowest BCUT2D eigenvalue weighted by Crippen LogP contribution is -2.22. The predicted octanol–water partition coefficient (Wildman–Crippen LogP) is 4.63. The normalized spacial score (nSPS) is 12.1. The van der Waals surface area contributed by atoms with Crippen molar-refractivity contribution in [1.29, 1.82) is 0 Å². The minimum absolute atomic E-state index is 0.0630. The zero-order valence-corrected chi connectivity index (χ0v) is 17.7. The van der Waals surface area contributed by atoms with Gasteiger partial charge in [0, 0.05) is 11.8 Å². The maximum absolute atomic E-state index is 12.9. The number of nitrogens with zero attached hydrogens (tertiary/aromatic N) is 2. The number of aromatic nitrogens is 2. The summed E-state index contributed by atoms with van der Waals surface area (Å²) < 4.78 is 7.05. The van der Waals surface area contributed by atoms with Crippen LogP contribution in [-0.4, -0.2) is 32.7 Å². The molecule has 0 unspecified atom stereocenters. The lowest BCUT2D eigenvalue weighted by molar-refractivity contribution is -0.144. The minimum atomic E-state index is -1.02. The Bertz CT molecular complexity index is 1070. The minimum Gasteiger partial charge on any atom is -0.479 e. The molecule has 1 atom stereocenters. The molecule has 0 aliphatic carbocycles. The molecule has 0 aliphatic heterocycles. The molecular formula is C25H26N2O4. The molecule has 160 valence electrons. The van der Waals surface area contributed by atoms with Gasteiger partial charge in [-0.15, -0.1) is 0 Å². The van der Waals surface area contributed by atoms with E-state index in [-0.39, 0.29) is 5.78 Å². The van der Waals surface area contributed by atoms with E-state index in [9.17, 15) is 9.59 Å². The zero-order valence-electron chi connectivity index (χ0n) is 17.7. The van der Waals surface area contributed by atoms with Crippen LogP contribution in [0.1, 0.15) is 47.4 Å². The summed E-state index contributed by atoms with van der Waals surface area (Å²) in [5.41, 5.74) is 3.25. The summed E-state index contributed by atoms with van der Waals surface area (Å²) in [5, 5.41) is 13.2. The number of carbonyl (C=O) groups excluding carboxylic acids is 1. The summed E-state index contributed by atoms with van der Waals surface area (Å²) in [6.45, 7) is 4.04. The van der Waals surface area contributed by atoms with Gasteiger partial charge >= 0.3 is 5.97 Å². The Kier molecular flexibility index (Phi) is 7.38. The van der Waals surface area contributed by atoms with Crippen LogP contribution in [0.25, 0.3) is 6.08 Å². The van der Waals surface area contributed by atoms with Gasteiger partial charge in [-0.2, -0.15) is 5.10 Å². The van der Waals surface area contributed by atoms with E-state index >= 15 is 0 Å². The second kappa shape index (κ2) is 10.4. The van der Waals surface area contributed by atoms with Gasteiger partial charge in [-0.25, -0.2) is 4.79 Å². The average Bonchev–Trinajstić information content (AvgIpc) is 3.23. The fraction of sp³-hybridized carbons (Fsp3) is 0.240. The summed E-state index contributed by atoms with van der Waals surface area (Å²) in [6.07, 6.45) is 6.54. The third-order valence-corrected chi connectivity index (χ3v) is 4.81. The number of carboxylic acid groups (broad SMARTS) is 1. The van der Waals surface area contributed by atoms with Gasteiger partial charge in [0.2, 0.25) is 5.78 Å². The Morgan fingerprint density at radius 3 is 2.65 bits per heavy atom. The molecule has 0 radical (unpaired) electrons. The molecular weight excluding hydrogens is 392 g/mol. The van der Waals surface area contributed by atoms with Crippen molar-refractivity contribution in [1.82, 2.24) is 9.78 Å².